The third kappa shape index (κ3) is 6.00. The lowest BCUT2D eigenvalue weighted by atomic mass is 9.89. The van der Waals surface area contributed by atoms with Crippen molar-refractivity contribution in [1.82, 2.24) is 10.3 Å². The molecular weight excluding hydrogens is 426 g/mol. The summed E-state index contributed by atoms with van der Waals surface area (Å²) in [5, 5.41) is 6.02. The van der Waals surface area contributed by atoms with Crippen molar-refractivity contribution in [2.75, 3.05) is 11.9 Å². The summed E-state index contributed by atoms with van der Waals surface area (Å²) < 4.78 is 40.7. The minimum atomic E-state index is -4.71. The van der Waals surface area contributed by atoms with Gasteiger partial charge in [0.25, 0.3) is 5.91 Å². The first kappa shape index (κ1) is 21.7. The first-order valence-corrected chi connectivity index (χ1v) is 10.1. The topological polar surface area (TPSA) is 54.0 Å². The van der Waals surface area contributed by atoms with Gasteiger partial charge >= 0.3 is 6.18 Å². The molecule has 9 heteroatoms. The van der Waals surface area contributed by atoms with Crippen molar-refractivity contribution in [3.05, 3.63) is 51.6 Å². The van der Waals surface area contributed by atoms with Crippen molar-refractivity contribution in [3.63, 3.8) is 0 Å². The van der Waals surface area contributed by atoms with Crippen LogP contribution in [0.5, 0.6) is 0 Å². The summed E-state index contributed by atoms with van der Waals surface area (Å²) in [6.45, 7) is 0.372. The smallest absolute Gasteiger partial charge is 0.352 e. The average Bonchev–Trinajstić information content (AvgIpc) is 2.65. The summed E-state index contributed by atoms with van der Waals surface area (Å²) in [6, 6.07) is 5.33. The molecule has 0 saturated heterocycles. The zero-order chi connectivity index (χ0) is 21.0. The summed E-state index contributed by atoms with van der Waals surface area (Å²) in [4.78, 5) is 16.4. The van der Waals surface area contributed by atoms with E-state index in [1.165, 1.54) is 24.6 Å². The van der Waals surface area contributed by atoms with Gasteiger partial charge < -0.3 is 10.6 Å². The molecule has 1 aliphatic carbocycles. The van der Waals surface area contributed by atoms with Crippen LogP contribution in [0.1, 0.15) is 48.0 Å². The Morgan fingerprint density at radius 1 is 1.07 bits per heavy atom. The maximum Gasteiger partial charge on any atom is 0.417 e. The summed E-state index contributed by atoms with van der Waals surface area (Å²) in [5.74, 6) is -0.532. The molecule has 156 valence electrons. The number of anilines is 2. The van der Waals surface area contributed by atoms with Gasteiger partial charge in [-0.2, -0.15) is 13.2 Å². The Labute approximate surface area is 176 Å². The molecule has 2 aromatic rings. The molecule has 0 unspecified atom stereocenters. The highest BCUT2D eigenvalue weighted by Crippen LogP contribution is 2.34. The summed E-state index contributed by atoms with van der Waals surface area (Å²) >= 11 is 11.8. The number of nitrogens with zero attached hydrogens (tertiary/aromatic N) is 1. The minimum absolute atomic E-state index is 0.0699. The molecule has 0 atom stereocenters. The van der Waals surface area contributed by atoms with E-state index in [2.05, 4.69) is 15.6 Å². The second kappa shape index (κ2) is 9.22. The first-order chi connectivity index (χ1) is 13.7. The highest BCUT2D eigenvalue weighted by Gasteiger charge is 2.36. The van der Waals surface area contributed by atoms with Crippen LogP contribution in [0.15, 0.2) is 30.5 Å². The number of halogens is 5. The molecule has 0 bridgehead atoms. The van der Waals surface area contributed by atoms with Crippen molar-refractivity contribution in [2.45, 2.75) is 38.3 Å². The van der Waals surface area contributed by atoms with Gasteiger partial charge in [0.05, 0.1) is 11.1 Å². The molecule has 0 spiro atoms. The second-order valence-corrected chi connectivity index (χ2v) is 7.98. The van der Waals surface area contributed by atoms with E-state index in [4.69, 9.17) is 23.2 Å². The third-order valence-electron chi connectivity index (χ3n) is 4.86. The van der Waals surface area contributed by atoms with Crippen molar-refractivity contribution < 1.29 is 18.0 Å². The molecule has 1 aromatic heterocycles. The number of rotatable bonds is 5. The van der Waals surface area contributed by atoms with Crippen molar-refractivity contribution in [3.8, 4) is 0 Å². The molecule has 1 aliphatic rings. The molecule has 4 nitrogen and oxygen atoms in total. The maximum absolute atomic E-state index is 13.6. The van der Waals surface area contributed by atoms with E-state index in [0.29, 0.717) is 28.2 Å². The Balaban J connectivity index is 1.79. The quantitative estimate of drug-likeness (QED) is 0.554. The number of pyridine rings is 1. The molecule has 2 N–H and O–H groups in total. The van der Waals surface area contributed by atoms with Gasteiger partial charge in [-0.15, -0.1) is 0 Å². The van der Waals surface area contributed by atoms with Gasteiger partial charge in [0.2, 0.25) is 0 Å². The minimum Gasteiger partial charge on any atom is -0.352 e. The normalized spacial score (nSPS) is 15.2. The highest BCUT2D eigenvalue weighted by atomic mass is 35.5. The van der Waals surface area contributed by atoms with Crippen LogP contribution >= 0.6 is 23.2 Å². The Bertz CT molecular complexity index is 864. The zero-order valence-corrected chi connectivity index (χ0v) is 17.0. The van der Waals surface area contributed by atoms with Crippen LogP contribution in [0, 0.1) is 5.92 Å². The van der Waals surface area contributed by atoms with Crippen LogP contribution in [0.3, 0.4) is 0 Å². The summed E-state index contributed by atoms with van der Waals surface area (Å²) in [5.41, 5.74) is -1.16. The fourth-order valence-corrected chi connectivity index (χ4v) is 3.96. The van der Waals surface area contributed by atoms with Gasteiger partial charge in [-0.1, -0.05) is 42.5 Å². The van der Waals surface area contributed by atoms with Gasteiger partial charge in [0.1, 0.15) is 5.82 Å². The van der Waals surface area contributed by atoms with Crippen molar-refractivity contribution in [1.29, 1.82) is 0 Å². The van der Waals surface area contributed by atoms with Gasteiger partial charge in [0, 0.05) is 28.5 Å². The van der Waals surface area contributed by atoms with Gasteiger partial charge in [-0.25, -0.2) is 4.98 Å². The Kier molecular flexibility index (Phi) is 6.90. The molecule has 3 rings (SSSR count). The lowest BCUT2D eigenvalue weighted by molar-refractivity contribution is -0.137. The van der Waals surface area contributed by atoms with E-state index in [0.717, 1.165) is 37.9 Å². The molecule has 0 radical (unpaired) electrons. The highest BCUT2D eigenvalue weighted by molar-refractivity contribution is 6.35. The van der Waals surface area contributed by atoms with Crippen LogP contribution in [-0.4, -0.2) is 17.4 Å². The van der Waals surface area contributed by atoms with Crippen LogP contribution in [0.2, 0.25) is 10.0 Å². The van der Waals surface area contributed by atoms with Crippen LogP contribution in [-0.2, 0) is 6.18 Å². The Morgan fingerprint density at radius 3 is 2.34 bits per heavy atom. The van der Waals surface area contributed by atoms with E-state index >= 15 is 0 Å². The van der Waals surface area contributed by atoms with Gasteiger partial charge in [-0.3, -0.25) is 4.79 Å². The van der Waals surface area contributed by atoms with E-state index in [-0.39, 0.29) is 5.82 Å². The predicted molar refractivity (Wildman–Crippen MR) is 108 cm³/mol. The molecule has 29 heavy (non-hydrogen) atoms. The molecule has 1 fully saturated rings. The number of aromatic nitrogens is 1. The fraction of sp³-hybridized carbons (Fsp3) is 0.400. The lowest BCUT2D eigenvalue weighted by Crippen LogP contribution is -2.32. The van der Waals surface area contributed by atoms with E-state index < -0.39 is 23.2 Å². The SMILES string of the molecule is O=C(NCC1CCCCC1)c1cnc(Nc2cc(Cl)cc(Cl)c2)cc1C(F)(F)F. The molecule has 1 heterocycles. The van der Waals surface area contributed by atoms with E-state index in [1.54, 1.807) is 0 Å². The number of amides is 1. The van der Waals surface area contributed by atoms with Crippen molar-refractivity contribution >= 4 is 40.6 Å². The summed E-state index contributed by atoms with van der Waals surface area (Å²) in [6.07, 6.45) is 1.54. The first-order valence-electron chi connectivity index (χ1n) is 9.31. The average molecular weight is 446 g/mol. The zero-order valence-electron chi connectivity index (χ0n) is 15.5. The molecule has 1 aromatic carbocycles. The van der Waals surface area contributed by atoms with E-state index in [9.17, 15) is 18.0 Å². The molecular formula is C20H20Cl2F3N3O. The van der Waals surface area contributed by atoms with Crippen molar-refractivity contribution in [2.24, 2.45) is 5.92 Å². The maximum atomic E-state index is 13.6. The Morgan fingerprint density at radius 2 is 1.72 bits per heavy atom. The summed E-state index contributed by atoms with van der Waals surface area (Å²) in [7, 11) is 0. The van der Waals surface area contributed by atoms with E-state index in [1.807, 2.05) is 0 Å². The van der Waals surface area contributed by atoms with Gasteiger partial charge in [0.15, 0.2) is 0 Å². The standard InChI is InChI=1S/C20H20Cl2F3N3O/c21-13-6-14(22)8-15(7-13)28-18-9-17(20(23,24)25)16(11-26-18)19(29)27-10-12-4-2-1-3-5-12/h6-9,11-12H,1-5,10H2,(H,26,28)(H,27,29). The monoisotopic (exact) mass is 445 g/mol. The number of carbonyl (C=O) groups is 1. The lowest BCUT2D eigenvalue weighted by Gasteiger charge is -2.22. The Hall–Kier alpha value is -1.99. The van der Waals surface area contributed by atoms with Crippen LogP contribution in [0.25, 0.3) is 0 Å². The largest absolute Gasteiger partial charge is 0.417 e. The van der Waals surface area contributed by atoms with Gasteiger partial charge in [-0.05, 0) is 43.0 Å². The second-order valence-electron chi connectivity index (χ2n) is 7.11. The number of carbonyl (C=O) groups excluding carboxylic acids is 1. The molecule has 1 saturated carbocycles. The fourth-order valence-electron chi connectivity index (χ4n) is 3.44. The third-order valence-corrected chi connectivity index (χ3v) is 5.30. The predicted octanol–water partition coefficient (Wildman–Crippen LogP) is 6.46. The number of hydrogen-bond acceptors (Lipinski definition) is 3. The number of nitrogens with one attached hydrogen (secondary N) is 2. The van der Waals surface area contributed by atoms with Crippen LogP contribution < -0.4 is 10.6 Å². The van der Waals surface area contributed by atoms with Crippen LogP contribution in [0.4, 0.5) is 24.7 Å². The number of alkyl halides is 3. The number of benzene rings is 1. The molecule has 0 aliphatic heterocycles. The number of hydrogen-bond donors (Lipinski definition) is 2. The molecule has 1 amide bonds.